The molecule has 0 radical (unpaired) electrons. The summed E-state index contributed by atoms with van der Waals surface area (Å²) in [6, 6.07) is 6.27. The second-order valence-electron chi connectivity index (χ2n) is 4.17. The zero-order chi connectivity index (χ0) is 15.0. The first-order chi connectivity index (χ1) is 9.56. The Morgan fingerprint density at radius 2 is 1.85 bits per heavy atom. The molecule has 0 saturated heterocycles. The lowest BCUT2D eigenvalue weighted by molar-refractivity contribution is -0.120. The fraction of sp³-hybridized carbons (Fsp3) is 0.429. The van der Waals surface area contributed by atoms with Gasteiger partial charge in [-0.1, -0.05) is 0 Å². The molecule has 1 aromatic carbocycles. The predicted molar refractivity (Wildman–Crippen MR) is 77.9 cm³/mol. The van der Waals surface area contributed by atoms with Crippen molar-refractivity contribution in [2.45, 2.75) is 26.8 Å². The molecule has 1 unspecified atom stereocenters. The van der Waals surface area contributed by atoms with Crippen LogP contribution in [0.1, 0.15) is 20.8 Å². The summed E-state index contributed by atoms with van der Waals surface area (Å²) in [4.78, 5) is 23.0. The van der Waals surface area contributed by atoms with E-state index in [0.717, 1.165) is 11.4 Å². The topological polar surface area (TPSA) is 79.5 Å². The van der Waals surface area contributed by atoms with Gasteiger partial charge < -0.3 is 15.4 Å². The normalized spacial score (nSPS) is 11.3. The van der Waals surface area contributed by atoms with E-state index in [1.165, 1.54) is 0 Å². The molecular weight excluding hydrogens is 258 g/mol. The number of benzene rings is 1. The third-order valence-corrected chi connectivity index (χ3v) is 2.52. The summed E-state index contributed by atoms with van der Waals surface area (Å²) in [6.07, 6.45) is 0. The van der Waals surface area contributed by atoms with E-state index in [2.05, 4.69) is 16.0 Å². The van der Waals surface area contributed by atoms with Crippen LogP contribution in [0.25, 0.3) is 0 Å². The van der Waals surface area contributed by atoms with Crippen molar-refractivity contribution in [2.75, 3.05) is 18.5 Å². The molecule has 1 atom stereocenters. The van der Waals surface area contributed by atoms with E-state index in [0.29, 0.717) is 13.2 Å². The average Bonchev–Trinajstić information content (AvgIpc) is 2.41. The van der Waals surface area contributed by atoms with Crippen LogP contribution in [0.3, 0.4) is 0 Å². The second-order valence-corrected chi connectivity index (χ2v) is 4.17. The minimum absolute atomic E-state index is 0.384. The molecule has 0 heterocycles. The number of carbonyl (C=O) groups excluding carboxylic acids is 2. The van der Waals surface area contributed by atoms with E-state index in [1.807, 2.05) is 31.2 Å². The van der Waals surface area contributed by atoms with Gasteiger partial charge in [0.05, 0.1) is 6.61 Å². The Hall–Kier alpha value is -2.24. The van der Waals surface area contributed by atoms with E-state index in [-0.39, 0.29) is 5.91 Å². The van der Waals surface area contributed by atoms with Crippen molar-refractivity contribution in [3.8, 4) is 5.75 Å². The summed E-state index contributed by atoms with van der Waals surface area (Å²) in [5.41, 5.74) is 0.784. The molecule has 6 heteroatoms. The molecular formula is C14H21N3O3. The van der Waals surface area contributed by atoms with E-state index in [4.69, 9.17) is 4.74 Å². The molecule has 110 valence electrons. The number of ether oxygens (including phenoxy) is 1. The summed E-state index contributed by atoms with van der Waals surface area (Å²) in [5, 5.41) is 7.77. The van der Waals surface area contributed by atoms with Crippen LogP contribution < -0.4 is 20.7 Å². The highest BCUT2D eigenvalue weighted by atomic mass is 16.5. The zero-order valence-electron chi connectivity index (χ0n) is 12.0. The number of urea groups is 1. The quantitative estimate of drug-likeness (QED) is 0.741. The van der Waals surface area contributed by atoms with Crippen LogP contribution in [0.4, 0.5) is 10.5 Å². The first-order valence-corrected chi connectivity index (χ1v) is 6.64. The lowest BCUT2D eigenvalue weighted by Crippen LogP contribution is -2.45. The Kier molecular flexibility index (Phi) is 6.36. The molecule has 6 nitrogen and oxygen atoms in total. The standard InChI is InChI=1S/C14H21N3O3/c1-4-15-14(19)17-13(18)10(3)16-11-6-8-12(9-7-11)20-5-2/h6-10,16H,4-5H2,1-3H3,(H2,15,17,18,19). The van der Waals surface area contributed by atoms with Gasteiger partial charge in [0, 0.05) is 12.2 Å². The predicted octanol–water partition coefficient (Wildman–Crippen LogP) is 1.73. The van der Waals surface area contributed by atoms with E-state index >= 15 is 0 Å². The average molecular weight is 279 g/mol. The molecule has 0 saturated carbocycles. The smallest absolute Gasteiger partial charge is 0.321 e. The lowest BCUT2D eigenvalue weighted by Gasteiger charge is -2.15. The molecule has 0 aliphatic carbocycles. The Morgan fingerprint density at radius 3 is 2.40 bits per heavy atom. The molecule has 0 aromatic heterocycles. The van der Waals surface area contributed by atoms with E-state index in [9.17, 15) is 9.59 Å². The van der Waals surface area contributed by atoms with Crippen molar-refractivity contribution >= 4 is 17.6 Å². The minimum Gasteiger partial charge on any atom is -0.494 e. The van der Waals surface area contributed by atoms with Crippen molar-refractivity contribution in [3.05, 3.63) is 24.3 Å². The maximum Gasteiger partial charge on any atom is 0.321 e. The highest BCUT2D eigenvalue weighted by molar-refractivity contribution is 5.97. The Balaban J connectivity index is 2.50. The molecule has 0 spiro atoms. The fourth-order valence-corrected chi connectivity index (χ4v) is 1.55. The van der Waals surface area contributed by atoms with Crippen LogP contribution in [-0.4, -0.2) is 31.1 Å². The van der Waals surface area contributed by atoms with Crippen molar-refractivity contribution in [2.24, 2.45) is 0 Å². The van der Waals surface area contributed by atoms with Gasteiger partial charge in [0.25, 0.3) is 0 Å². The summed E-state index contributed by atoms with van der Waals surface area (Å²) in [6.45, 7) is 6.47. The number of rotatable bonds is 6. The molecule has 3 N–H and O–H groups in total. The zero-order valence-corrected chi connectivity index (χ0v) is 12.0. The minimum atomic E-state index is -0.518. The molecule has 0 aliphatic heterocycles. The molecule has 1 aromatic rings. The molecule has 1 rings (SSSR count). The summed E-state index contributed by atoms with van der Waals surface area (Å²) in [5.74, 6) is 0.391. The third-order valence-electron chi connectivity index (χ3n) is 2.52. The number of imide groups is 1. The van der Waals surface area contributed by atoms with Gasteiger partial charge in [0.2, 0.25) is 5.91 Å². The van der Waals surface area contributed by atoms with Crippen LogP contribution in [0.2, 0.25) is 0 Å². The second kappa shape index (κ2) is 8.04. The first-order valence-electron chi connectivity index (χ1n) is 6.64. The SMILES string of the molecule is CCNC(=O)NC(=O)C(C)Nc1ccc(OCC)cc1. The molecule has 0 bridgehead atoms. The van der Waals surface area contributed by atoms with Gasteiger partial charge in [0.1, 0.15) is 11.8 Å². The summed E-state index contributed by atoms with van der Waals surface area (Å²) >= 11 is 0. The highest BCUT2D eigenvalue weighted by Gasteiger charge is 2.15. The van der Waals surface area contributed by atoms with Crippen molar-refractivity contribution in [1.29, 1.82) is 0 Å². The molecule has 3 amide bonds. The summed E-state index contributed by atoms with van der Waals surface area (Å²) < 4.78 is 5.33. The largest absolute Gasteiger partial charge is 0.494 e. The maximum atomic E-state index is 11.7. The van der Waals surface area contributed by atoms with Gasteiger partial charge in [-0.25, -0.2) is 4.79 Å². The van der Waals surface area contributed by atoms with Crippen molar-refractivity contribution in [1.82, 2.24) is 10.6 Å². The van der Waals surface area contributed by atoms with Gasteiger partial charge in [-0.15, -0.1) is 0 Å². The third kappa shape index (κ3) is 5.17. The number of amides is 3. The number of hydrogen-bond acceptors (Lipinski definition) is 4. The van der Waals surface area contributed by atoms with Crippen LogP contribution in [0, 0.1) is 0 Å². The van der Waals surface area contributed by atoms with Gasteiger partial charge in [0.15, 0.2) is 0 Å². The maximum absolute atomic E-state index is 11.7. The van der Waals surface area contributed by atoms with Crippen LogP contribution >= 0.6 is 0 Å². The van der Waals surface area contributed by atoms with E-state index in [1.54, 1.807) is 13.8 Å². The van der Waals surface area contributed by atoms with Crippen LogP contribution in [0.5, 0.6) is 5.75 Å². The first kappa shape index (κ1) is 15.8. The van der Waals surface area contributed by atoms with Crippen molar-refractivity contribution < 1.29 is 14.3 Å². The van der Waals surface area contributed by atoms with Crippen LogP contribution in [-0.2, 0) is 4.79 Å². The Labute approximate surface area is 118 Å². The lowest BCUT2D eigenvalue weighted by atomic mass is 10.2. The highest BCUT2D eigenvalue weighted by Crippen LogP contribution is 2.16. The Morgan fingerprint density at radius 1 is 1.20 bits per heavy atom. The van der Waals surface area contributed by atoms with Gasteiger partial charge in [-0.3, -0.25) is 10.1 Å². The van der Waals surface area contributed by atoms with Gasteiger partial charge >= 0.3 is 6.03 Å². The summed E-state index contributed by atoms with van der Waals surface area (Å²) in [7, 11) is 0. The van der Waals surface area contributed by atoms with Gasteiger partial charge in [-0.05, 0) is 45.0 Å². The molecule has 0 fully saturated rings. The monoisotopic (exact) mass is 279 g/mol. The fourth-order valence-electron chi connectivity index (χ4n) is 1.55. The van der Waals surface area contributed by atoms with E-state index < -0.39 is 12.1 Å². The number of nitrogens with one attached hydrogen (secondary N) is 3. The molecule has 20 heavy (non-hydrogen) atoms. The number of carbonyl (C=O) groups is 2. The Bertz CT molecular complexity index is 445. The number of anilines is 1. The number of hydrogen-bond donors (Lipinski definition) is 3. The van der Waals surface area contributed by atoms with Crippen LogP contribution in [0.15, 0.2) is 24.3 Å². The molecule has 0 aliphatic rings. The van der Waals surface area contributed by atoms with Crippen molar-refractivity contribution in [3.63, 3.8) is 0 Å². The van der Waals surface area contributed by atoms with Gasteiger partial charge in [-0.2, -0.15) is 0 Å².